The first-order chi connectivity index (χ1) is 16.2. The molecule has 0 bridgehead atoms. The molecule has 0 aliphatic heterocycles. The number of benzene rings is 2. The second-order valence-electron chi connectivity index (χ2n) is 8.81. The van der Waals surface area contributed by atoms with Gasteiger partial charge in [-0.3, -0.25) is 4.79 Å². The van der Waals surface area contributed by atoms with E-state index in [4.69, 9.17) is 14.5 Å². The summed E-state index contributed by atoms with van der Waals surface area (Å²) in [7, 11) is 0. The first kappa shape index (κ1) is 21.5. The molecule has 2 aromatic carbocycles. The van der Waals surface area contributed by atoms with E-state index in [1.807, 2.05) is 37.3 Å². The van der Waals surface area contributed by atoms with Gasteiger partial charge in [0, 0.05) is 28.0 Å². The summed E-state index contributed by atoms with van der Waals surface area (Å²) in [4.78, 5) is 20.6. The number of carbonyl (C=O) groups is 1. The van der Waals surface area contributed by atoms with Crippen LogP contribution in [0, 0.1) is 0 Å². The number of para-hydroxylation sites is 1. The number of esters is 1. The van der Waals surface area contributed by atoms with E-state index in [1.165, 1.54) is 29.5 Å². The standard InChI is InChI=1S/C28H30N2O3/c1-2-32-27(31)16-20-9-4-3-5-11-25-28(20)23-15-14-22(17-26(23)30-25)33-18-21-13-12-19-8-6-7-10-24(19)29-21/h6-8,10,12-15,17,20,30H,2-5,9,11,16,18H2,1H3. The highest BCUT2D eigenvalue weighted by Crippen LogP contribution is 2.38. The second kappa shape index (κ2) is 9.65. The largest absolute Gasteiger partial charge is 0.487 e. The predicted octanol–water partition coefficient (Wildman–Crippen LogP) is 6.45. The Balaban J connectivity index is 1.39. The van der Waals surface area contributed by atoms with E-state index in [0.717, 1.165) is 47.1 Å². The summed E-state index contributed by atoms with van der Waals surface area (Å²) in [5.74, 6) is 0.904. The van der Waals surface area contributed by atoms with Crippen molar-refractivity contribution in [1.29, 1.82) is 0 Å². The Kier molecular flexibility index (Phi) is 6.29. The molecule has 0 amide bonds. The summed E-state index contributed by atoms with van der Waals surface area (Å²) in [5.41, 5.74) is 5.50. The molecule has 0 saturated carbocycles. The van der Waals surface area contributed by atoms with Crippen molar-refractivity contribution in [2.24, 2.45) is 0 Å². The maximum atomic E-state index is 12.3. The zero-order chi connectivity index (χ0) is 22.6. The number of H-pyrrole nitrogens is 1. The second-order valence-corrected chi connectivity index (χ2v) is 8.81. The fourth-order valence-electron chi connectivity index (χ4n) is 4.99. The maximum absolute atomic E-state index is 12.3. The van der Waals surface area contributed by atoms with E-state index in [-0.39, 0.29) is 11.9 Å². The van der Waals surface area contributed by atoms with Gasteiger partial charge in [-0.05, 0) is 61.9 Å². The molecule has 0 fully saturated rings. The van der Waals surface area contributed by atoms with Crippen LogP contribution in [0.3, 0.4) is 0 Å². The van der Waals surface area contributed by atoms with Gasteiger partial charge in [-0.15, -0.1) is 0 Å². The Morgan fingerprint density at radius 3 is 2.91 bits per heavy atom. The third-order valence-electron chi connectivity index (χ3n) is 6.54. The van der Waals surface area contributed by atoms with Gasteiger partial charge in [0.15, 0.2) is 0 Å². The van der Waals surface area contributed by atoms with Crippen LogP contribution >= 0.6 is 0 Å². The quantitative estimate of drug-likeness (QED) is 0.349. The highest BCUT2D eigenvalue weighted by atomic mass is 16.5. The van der Waals surface area contributed by atoms with Gasteiger partial charge in [0.25, 0.3) is 0 Å². The number of pyridine rings is 1. The maximum Gasteiger partial charge on any atom is 0.306 e. The molecule has 5 rings (SSSR count). The van der Waals surface area contributed by atoms with Crippen molar-refractivity contribution >= 4 is 27.8 Å². The molecule has 2 aromatic heterocycles. The number of nitrogens with zero attached hydrogens (tertiary/aromatic N) is 1. The summed E-state index contributed by atoms with van der Waals surface area (Å²) in [6.45, 7) is 2.71. The van der Waals surface area contributed by atoms with Gasteiger partial charge in [-0.25, -0.2) is 4.98 Å². The van der Waals surface area contributed by atoms with Crippen LogP contribution in [0.25, 0.3) is 21.8 Å². The molecular weight excluding hydrogens is 412 g/mol. The zero-order valence-electron chi connectivity index (χ0n) is 19.1. The minimum Gasteiger partial charge on any atom is -0.487 e. The number of hydrogen-bond acceptors (Lipinski definition) is 4. The Morgan fingerprint density at radius 1 is 1.09 bits per heavy atom. The van der Waals surface area contributed by atoms with Crippen molar-refractivity contribution in [3.8, 4) is 5.75 Å². The van der Waals surface area contributed by atoms with Gasteiger partial charge < -0.3 is 14.5 Å². The molecule has 33 heavy (non-hydrogen) atoms. The van der Waals surface area contributed by atoms with Gasteiger partial charge in [0.2, 0.25) is 0 Å². The number of fused-ring (bicyclic) bond motifs is 4. The average Bonchev–Trinajstić information content (AvgIpc) is 3.17. The Morgan fingerprint density at radius 2 is 2.00 bits per heavy atom. The van der Waals surface area contributed by atoms with Gasteiger partial charge in [-0.1, -0.05) is 37.1 Å². The van der Waals surface area contributed by atoms with Gasteiger partial charge in [-0.2, -0.15) is 0 Å². The fraction of sp³-hybridized carbons (Fsp3) is 0.357. The highest BCUT2D eigenvalue weighted by molar-refractivity contribution is 5.87. The Hall–Kier alpha value is -3.34. The van der Waals surface area contributed by atoms with Crippen molar-refractivity contribution in [3.63, 3.8) is 0 Å². The number of carbonyl (C=O) groups excluding carboxylic acids is 1. The summed E-state index contributed by atoms with van der Waals surface area (Å²) >= 11 is 0. The van der Waals surface area contributed by atoms with Crippen LogP contribution in [0.4, 0.5) is 0 Å². The van der Waals surface area contributed by atoms with E-state index < -0.39 is 0 Å². The third kappa shape index (κ3) is 4.72. The van der Waals surface area contributed by atoms with Gasteiger partial charge in [0.05, 0.1) is 24.2 Å². The molecule has 2 heterocycles. The van der Waals surface area contributed by atoms with Crippen molar-refractivity contribution in [1.82, 2.24) is 9.97 Å². The number of aryl methyl sites for hydroxylation is 1. The van der Waals surface area contributed by atoms with Crippen LogP contribution in [0.15, 0.2) is 54.6 Å². The van der Waals surface area contributed by atoms with E-state index in [2.05, 4.69) is 29.2 Å². The lowest BCUT2D eigenvalue weighted by atomic mass is 9.85. The molecule has 1 atom stereocenters. The molecular formula is C28H30N2O3. The number of hydrogen-bond donors (Lipinski definition) is 1. The van der Waals surface area contributed by atoms with Crippen molar-refractivity contribution in [3.05, 3.63) is 71.5 Å². The van der Waals surface area contributed by atoms with E-state index >= 15 is 0 Å². The lowest BCUT2D eigenvalue weighted by molar-refractivity contribution is -0.143. The summed E-state index contributed by atoms with van der Waals surface area (Å²) < 4.78 is 11.4. The normalized spacial score (nSPS) is 16.2. The lowest BCUT2D eigenvalue weighted by Gasteiger charge is -2.20. The first-order valence-corrected chi connectivity index (χ1v) is 12.0. The van der Waals surface area contributed by atoms with Crippen LogP contribution in [0.1, 0.15) is 61.9 Å². The SMILES string of the molecule is CCOC(=O)CC1CCCCCc2[nH]c3cc(OCc4ccc5ccccc5n4)ccc3c21. The number of ether oxygens (including phenoxy) is 2. The van der Waals surface area contributed by atoms with Crippen LogP contribution < -0.4 is 4.74 Å². The monoisotopic (exact) mass is 442 g/mol. The Labute approximate surface area is 194 Å². The van der Waals surface area contributed by atoms with Crippen LogP contribution in [-0.4, -0.2) is 22.5 Å². The summed E-state index contributed by atoms with van der Waals surface area (Å²) in [6.07, 6.45) is 5.99. The molecule has 0 saturated heterocycles. The van der Waals surface area contributed by atoms with Crippen molar-refractivity contribution < 1.29 is 14.3 Å². The van der Waals surface area contributed by atoms with E-state index in [1.54, 1.807) is 0 Å². The van der Waals surface area contributed by atoms with E-state index in [0.29, 0.717) is 19.6 Å². The van der Waals surface area contributed by atoms with Crippen LogP contribution in [0.5, 0.6) is 5.75 Å². The predicted molar refractivity (Wildman–Crippen MR) is 131 cm³/mol. The molecule has 170 valence electrons. The van der Waals surface area contributed by atoms with E-state index in [9.17, 15) is 4.79 Å². The van der Waals surface area contributed by atoms with Crippen LogP contribution in [-0.2, 0) is 22.6 Å². The average molecular weight is 443 g/mol. The molecule has 1 unspecified atom stereocenters. The smallest absolute Gasteiger partial charge is 0.306 e. The highest BCUT2D eigenvalue weighted by Gasteiger charge is 2.25. The minimum atomic E-state index is -0.105. The summed E-state index contributed by atoms with van der Waals surface area (Å²) in [6, 6.07) is 18.4. The summed E-state index contributed by atoms with van der Waals surface area (Å²) in [5, 5.41) is 2.32. The number of rotatable bonds is 6. The number of aromatic nitrogens is 2. The lowest BCUT2D eigenvalue weighted by Crippen LogP contribution is -2.13. The topological polar surface area (TPSA) is 64.2 Å². The first-order valence-electron chi connectivity index (χ1n) is 12.0. The molecule has 0 spiro atoms. The molecule has 5 nitrogen and oxygen atoms in total. The molecule has 1 N–H and O–H groups in total. The number of aromatic amines is 1. The molecule has 1 aliphatic rings. The molecule has 0 radical (unpaired) electrons. The third-order valence-corrected chi connectivity index (χ3v) is 6.54. The van der Waals surface area contributed by atoms with Crippen LogP contribution in [0.2, 0.25) is 0 Å². The van der Waals surface area contributed by atoms with Crippen molar-refractivity contribution in [2.75, 3.05) is 6.61 Å². The van der Waals surface area contributed by atoms with Crippen molar-refractivity contribution in [2.45, 2.75) is 58.0 Å². The minimum absolute atomic E-state index is 0.105. The molecule has 4 aromatic rings. The number of nitrogens with one attached hydrogen (secondary N) is 1. The molecule has 5 heteroatoms. The van der Waals surface area contributed by atoms with Gasteiger partial charge in [0.1, 0.15) is 12.4 Å². The van der Waals surface area contributed by atoms with Gasteiger partial charge >= 0.3 is 5.97 Å². The fourth-order valence-corrected chi connectivity index (χ4v) is 4.99. The Bertz CT molecular complexity index is 1280. The zero-order valence-corrected chi connectivity index (χ0v) is 19.1. The molecule has 1 aliphatic carbocycles.